The van der Waals surface area contributed by atoms with Crippen LogP contribution in [-0.2, 0) is 30.5 Å². The fourth-order valence-corrected chi connectivity index (χ4v) is 5.47. The van der Waals surface area contributed by atoms with E-state index in [1.807, 2.05) is 6.07 Å². The van der Waals surface area contributed by atoms with Crippen molar-refractivity contribution < 1.29 is 29.6 Å². The van der Waals surface area contributed by atoms with Crippen LogP contribution in [0, 0.1) is 23.7 Å². The number of Topliss-reactive ketones (excluding diaryl/α,β-unsaturated/α-hetero) is 1. The Morgan fingerprint density at radius 1 is 1.19 bits per heavy atom. The number of rotatable bonds is 6. The summed E-state index contributed by atoms with van der Waals surface area (Å²) in [5.41, 5.74) is 9.82. The lowest BCUT2D eigenvalue weighted by Crippen LogP contribution is -2.35. The summed E-state index contributed by atoms with van der Waals surface area (Å²) in [6.07, 6.45) is 2.69. The summed E-state index contributed by atoms with van der Waals surface area (Å²) in [6.45, 7) is 5.98. The second-order valence-corrected chi connectivity index (χ2v) is 11.6. The third-order valence-corrected chi connectivity index (χ3v) is 7.77. The molecule has 0 spiro atoms. The van der Waals surface area contributed by atoms with Crippen molar-refractivity contribution in [1.29, 1.82) is 0 Å². The summed E-state index contributed by atoms with van der Waals surface area (Å²) in [7, 11) is 1.46. The number of benzene rings is 2. The number of fused-ring (bicyclic) bond motifs is 5. The van der Waals surface area contributed by atoms with Gasteiger partial charge in [0.25, 0.3) is 0 Å². The number of phenols is 2. The maximum absolute atomic E-state index is 12.7. The number of aliphatic hydroxyl groups is 1. The van der Waals surface area contributed by atoms with Gasteiger partial charge in [0.15, 0.2) is 29.0 Å². The smallest absolute Gasteiger partial charge is 0.188 e. The zero-order valence-corrected chi connectivity index (χ0v) is 24.8. The molecule has 0 radical (unpaired) electrons. The van der Waals surface area contributed by atoms with Crippen molar-refractivity contribution in [3.63, 3.8) is 0 Å². The van der Waals surface area contributed by atoms with Crippen molar-refractivity contribution in [3.8, 4) is 34.8 Å². The number of nitrogens with one attached hydrogen (secondary N) is 1. The Kier molecular flexibility index (Phi) is 10.6. The number of ether oxygens (including phenoxy) is 2. The van der Waals surface area contributed by atoms with Crippen LogP contribution in [0.3, 0.4) is 0 Å². The summed E-state index contributed by atoms with van der Waals surface area (Å²) in [4.78, 5) is 17.1. The van der Waals surface area contributed by atoms with Crippen molar-refractivity contribution in [1.82, 2.24) is 5.32 Å². The highest BCUT2D eigenvalue weighted by molar-refractivity contribution is 5.79. The molecular formula is C33H43N3O6. The van der Waals surface area contributed by atoms with Crippen LogP contribution in [0.1, 0.15) is 67.3 Å². The predicted octanol–water partition coefficient (Wildman–Crippen LogP) is 3.40. The number of ketones is 1. The first-order valence-corrected chi connectivity index (χ1v) is 14.8. The lowest BCUT2D eigenvalue weighted by Gasteiger charge is -2.29. The number of aliphatic hydroxyl groups excluding tert-OH is 1. The normalized spacial score (nSPS) is 19.4. The van der Waals surface area contributed by atoms with E-state index in [4.69, 9.17) is 15.2 Å². The number of hydrogen-bond donors (Lipinski definition) is 5. The summed E-state index contributed by atoms with van der Waals surface area (Å²) in [6, 6.07) is 5.22. The monoisotopic (exact) mass is 577 g/mol. The molecule has 226 valence electrons. The molecule has 1 aliphatic heterocycles. The fourth-order valence-electron chi connectivity index (χ4n) is 5.47. The van der Waals surface area contributed by atoms with Crippen LogP contribution in [0.15, 0.2) is 23.2 Å². The topological polar surface area (TPSA) is 147 Å². The molecule has 0 unspecified atom stereocenters. The van der Waals surface area contributed by atoms with Crippen LogP contribution in [0.25, 0.3) is 0 Å². The average Bonchev–Trinajstić information content (AvgIpc) is 2.96. The van der Waals surface area contributed by atoms with E-state index in [1.165, 1.54) is 13.2 Å². The summed E-state index contributed by atoms with van der Waals surface area (Å²) >= 11 is 0. The molecule has 2 aromatic rings. The first-order valence-electron chi connectivity index (χ1n) is 14.8. The molecule has 0 fully saturated rings. The van der Waals surface area contributed by atoms with Crippen LogP contribution < -0.4 is 20.5 Å². The highest BCUT2D eigenvalue weighted by Gasteiger charge is 2.27. The zero-order chi connectivity index (χ0) is 30.2. The Hall–Kier alpha value is -3.90. The van der Waals surface area contributed by atoms with Crippen LogP contribution in [0.4, 0.5) is 0 Å². The van der Waals surface area contributed by atoms with E-state index in [1.54, 1.807) is 6.07 Å². The fraction of sp³-hybridized carbons (Fsp3) is 0.515. The summed E-state index contributed by atoms with van der Waals surface area (Å²) < 4.78 is 11.6. The number of carbonyl (C=O) groups excluding carboxylic acids is 1. The second kappa shape index (κ2) is 14.3. The van der Waals surface area contributed by atoms with Gasteiger partial charge in [-0.05, 0) is 61.1 Å². The molecule has 4 rings (SSSR count). The third kappa shape index (κ3) is 7.89. The van der Waals surface area contributed by atoms with Gasteiger partial charge in [-0.15, -0.1) is 0 Å². The zero-order valence-electron chi connectivity index (χ0n) is 24.8. The number of hydrogen-bond acceptors (Lipinski definition) is 7. The van der Waals surface area contributed by atoms with E-state index in [-0.39, 0.29) is 48.2 Å². The van der Waals surface area contributed by atoms with Gasteiger partial charge in [-0.2, -0.15) is 0 Å². The summed E-state index contributed by atoms with van der Waals surface area (Å²) in [5, 5.41) is 35.5. The van der Waals surface area contributed by atoms with E-state index >= 15 is 0 Å². The van der Waals surface area contributed by atoms with Gasteiger partial charge in [0.05, 0.1) is 25.4 Å². The van der Waals surface area contributed by atoms with E-state index in [0.29, 0.717) is 74.1 Å². The Labute approximate surface area is 248 Å². The number of aromatic hydroxyl groups is 2. The van der Waals surface area contributed by atoms with Gasteiger partial charge in [0.2, 0.25) is 0 Å². The molecular weight excluding hydrogens is 534 g/mol. The van der Waals surface area contributed by atoms with Crippen molar-refractivity contribution in [2.45, 2.75) is 71.3 Å². The minimum Gasteiger partial charge on any atom is -0.504 e. The number of nitrogens with zero attached hydrogens (tertiary/aromatic N) is 1. The Balaban J connectivity index is 1.61. The van der Waals surface area contributed by atoms with Crippen LogP contribution in [-0.4, -0.2) is 60.0 Å². The molecule has 1 aliphatic carbocycles. The molecule has 1 heterocycles. The predicted molar refractivity (Wildman–Crippen MR) is 162 cm³/mol. The quantitative estimate of drug-likeness (QED) is 0.199. The minimum atomic E-state index is -0.779. The molecule has 9 nitrogen and oxygen atoms in total. The highest BCUT2D eigenvalue weighted by atomic mass is 16.5. The molecule has 2 bridgehead atoms. The molecule has 9 heteroatoms. The average molecular weight is 578 g/mol. The number of guanidine groups is 1. The van der Waals surface area contributed by atoms with Gasteiger partial charge >= 0.3 is 0 Å². The molecule has 0 aromatic heterocycles. The largest absolute Gasteiger partial charge is 0.504 e. The number of carbonyl (C=O) groups is 1. The van der Waals surface area contributed by atoms with E-state index < -0.39 is 6.10 Å². The van der Waals surface area contributed by atoms with Crippen molar-refractivity contribution >= 4 is 11.7 Å². The number of methoxy groups -OCH3 is 1. The number of phenolic OH excluding ortho intramolecular Hbond substituents is 2. The molecule has 0 saturated carbocycles. The van der Waals surface area contributed by atoms with Crippen LogP contribution >= 0.6 is 0 Å². The number of aryl methyl sites for hydroxylation is 2. The van der Waals surface area contributed by atoms with Gasteiger partial charge in [-0.25, -0.2) is 0 Å². The molecule has 42 heavy (non-hydrogen) atoms. The lowest BCUT2D eigenvalue weighted by molar-refractivity contribution is -0.121. The maximum Gasteiger partial charge on any atom is 0.188 e. The van der Waals surface area contributed by atoms with Gasteiger partial charge in [0.1, 0.15) is 5.78 Å². The van der Waals surface area contributed by atoms with E-state index in [2.05, 4.69) is 36.0 Å². The highest BCUT2D eigenvalue weighted by Crippen LogP contribution is 2.42. The molecule has 0 saturated heterocycles. The van der Waals surface area contributed by atoms with Crippen molar-refractivity contribution in [2.75, 3.05) is 26.8 Å². The second-order valence-electron chi connectivity index (χ2n) is 11.6. The Morgan fingerprint density at radius 3 is 2.76 bits per heavy atom. The van der Waals surface area contributed by atoms with E-state index in [9.17, 15) is 20.1 Å². The number of aliphatic imine (C=N–C) groups is 1. The van der Waals surface area contributed by atoms with Gasteiger partial charge in [-0.1, -0.05) is 37.8 Å². The first-order chi connectivity index (χ1) is 20.2. The van der Waals surface area contributed by atoms with Crippen LogP contribution in [0.2, 0.25) is 0 Å². The molecule has 0 amide bonds. The molecule has 6 N–H and O–H groups in total. The minimum absolute atomic E-state index is 0.0344. The third-order valence-electron chi connectivity index (χ3n) is 7.77. The van der Waals surface area contributed by atoms with Crippen LogP contribution in [0.5, 0.6) is 23.0 Å². The molecule has 2 atom stereocenters. The van der Waals surface area contributed by atoms with Crippen molar-refractivity contribution in [2.24, 2.45) is 22.6 Å². The van der Waals surface area contributed by atoms with Gasteiger partial charge in [-0.3, -0.25) is 9.79 Å². The Bertz CT molecular complexity index is 1370. The van der Waals surface area contributed by atoms with Gasteiger partial charge < -0.3 is 35.8 Å². The maximum atomic E-state index is 12.7. The summed E-state index contributed by atoms with van der Waals surface area (Å²) in [5.74, 6) is 8.06. The van der Waals surface area contributed by atoms with E-state index in [0.717, 1.165) is 23.1 Å². The molecule has 2 aromatic carbocycles. The van der Waals surface area contributed by atoms with Gasteiger partial charge in [0, 0.05) is 43.5 Å². The van der Waals surface area contributed by atoms with Crippen molar-refractivity contribution in [3.05, 3.63) is 46.0 Å². The lowest BCUT2D eigenvalue weighted by atomic mass is 9.86. The Morgan fingerprint density at radius 2 is 2.00 bits per heavy atom. The standard InChI is InChI=1S/C33H43N3O6/c1-20(2)18-36-33(34)35-14-13-21-15-28-23-8-11-26(38)17-25(37)10-7-22-9-12-29(39)31(41-3)27(22)6-4-5-24(16-23)30(40)32(28)42-19-21/h9,12,16,20-21,26,38-40H,5,7-8,10-11,13-15,17-19H2,1-3H3,(H3,34,35,36)/t21-,26+/m0/s1. The SMILES string of the molecule is COc1c(O)ccc2c1C#CCc1cc(c3c(c1O)OC[C@@H](CCNC(N)=NCC(C)C)C3)CC[C@@H](O)CC(=O)CC2. The number of nitrogens with two attached hydrogens (primary N) is 1. The molecule has 2 aliphatic rings. The first kappa shape index (κ1) is 31.0.